The van der Waals surface area contributed by atoms with Crippen molar-refractivity contribution in [2.24, 2.45) is 0 Å². The summed E-state index contributed by atoms with van der Waals surface area (Å²) in [5.74, 6) is -0.399. The number of pyridine rings is 2. The average Bonchev–Trinajstić information content (AvgIpc) is 3.02. The number of anilines is 1. The second kappa shape index (κ2) is 11.4. The molecule has 0 unspecified atom stereocenters. The van der Waals surface area contributed by atoms with Crippen molar-refractivity contribution in [3.63, 3.8) is 0 Å². The van der Waals surface area contributed by atoms with E-state index in [4.69, 9.17) is 14.2 Å². The zero-order valence-corrected chi connectivity index (χ0v) is 23.3. The Labute approximate surface area is 245 Å². The number of fused-ring (bicyclic) bond motifs is 2. The van der Waals surface area contributed by atoms with Gasteiger partial charge in [0.1, 0.15) is 11.3 Å². The van der Waals surface area contributed by atoms with Gasteiger partial charge in [0, 0.05) is 53.3 Å². The third kappa shape index (κ3) is 5.19. The fourth-order valence-corrected chi connectivity index (χ4v) is 5.23. The van der Waals surface area contributed by atoms with Crippen LogP contribution in [-0.4, -0.2) is 35.5 Å². The molecular formula is C33H26FN3O6. The Balaban J connectivity index is 1.32. The fourth-order valence-electron chi connectivity index (χ4n) is 5.23. The number of carbonyl (C=O) groups excluding carboxylic acids is 2. The molecule has 43 heavy (non-hydrogen) atoms. The number of benzene rings is 3. The minimum atomic E-state index is -0.741. The van der Waals surface area contributed by atoms with Crippen LogP contribution in [0.2, 0.25) is 0 Å². The number of nitrogens with one attached hydrogen (secondary N) is 1. The fraction of sp³-hybridized carbons (Fsp3) is 0.152. The lowest BCUT2D eigenvalue weighted by Crippen LogP contribution is -2.33. The van der Waals surface area contributed by atoms with Crippen LogP contribution in [0.1, 0.15) is 39.1 Å². The number of amides is 1. The van der Waals surface area contributed by atoms with E-state index in [1.807, 2.05) is 0 Å². The van der Waals surface area contributed by atoms with E-state index < -0.39 is 17.3 Å². The van der Waals surface area contributed by atoms with Gasteiger partial charge in [-0.3, -0.25) is 23.9 Å². The lowest BCUT2D eigenvalue weighted by atomic mass is 9.88. The summed E-state index contributed by atoms with van der Waals surface area (Å²) in [6.45, 7) is 0. The van der Waals surface area contributed by atoms with Gasteiger partial charge in [0.25, 0.3) is 11.5 Å². The van der Waals surface area contributed by atoms with Crippen LogP contribution in [0.4, 0.5) is 10.1 Å². The van der Waals surface area contributed by atoms with Crippen molar-refractivity contribution < 1.29 is 28.2 Å². The Hall–Kier alpha value is -5.51. The molecule has 2 aromatic heterocycles. The zero-order chi connectivity index (χ0) is 30.1. The number of hydrogen-bond donors (Lipinski definition) is 1. The van der Waals surface area contributed by atoms with Crippen LogP contribution in [0, 0.1) is 5.82 Å². The molecular weight excluding hydrogens is 553 g/mol. The Morgan fingerprint density at radius 2 is 1.67 bits per heavy atom. The Morgan fingerprint density at radius 1 is 0.907 bits per heavy atom. The van der Waals surface area contributed by atoms with Crippen LogP contribution in [0.15, 0.2) is 83.9 Å². The molecule has 10 heteroatoms. The quantitative estimate of drug-likeness (QED) is 0.248. The van der Waals surface area contributed by atoms with Crippen molar-refractivity contribution >= 4 is 28.3 Å². The van der Waals surface area contributed by atoms with Gasteiger partial charge >= 0.3 is 0 Å². The van der Waals surface area contributed by atoms with E-state index in [1.54, 1.807) is 48.5 Å². The number of hydrogen-bond acceptors (Lipinski definition) is 7. The Morgan fingerprint density at radius 3 is 2.42 bits per heavy atom. The molecule has 6 rings (SSSR count). The van der Waals surface area contributed by atoms with Crippen LogP contribution in [0.5, 0.6) is 23.0 Å². The van der Waals surface area contributed by atoms with Gasteiger partial charge in [0.05, 0.1) is 19.7 Å². The average molecular weight is 580 g/mol. The van der Waals surface area contributed by atoms with Gasteiger partial charge in [0.15, 0.2) is 28.8 Å². The highest BCUT2D eigenvalue weighted by atomic mass is 19.1. The number of methoxy groups -OCH3 is 2. The molecule has 0 atom stereocenters. The normalized spacial score (nSPS) is 12.5. The number of carbonyl (C=O) groups is 2. The van der Waals surface area contributed by atoms with E-state index in [0.29, 0.717) is 64.2 Å². The minimum absolute atomic E-state index is 0.0885. The molecule has 3 aromatic carbocycles. The molecule has 0 aliphatic heterocycles. The smallest absolute Gasteiger partial charge is 0.268 e. The number of Topliss-reactive ketones (excluding diaryl/α,β-unsaturated/α-hetero) is 1. The highest BCUT2D eigenvalue weighted by Gasteiger charge is 2.28. The van der Waals surface area contributed by atoms with Crippen molar-refractivity contribution in [1.82, 2.24) is 9.55 Å². The van der Waals surface area contributed by atoms with Crippen molar-refractivity contribution in [3.05, 3.63) is 112 Å². The van der Waals surface area contributed by atoms with Crippen molar-refractivity contribution in [2.75, 3.05) is 19.5 Å². The summed E-state index contributed by atoms with van der Waals surface area (Å²) in [5.41, 5.74) is 1.25. The molecule has 0 radical (unpaired) electrons. The standard InChI is InChI=1S/C33H26FN3O6/c1-41-29-16-22-25(17-30(29)42-2)35-14-13-27(22)43-28-12-11-19(15-24(28)34)36-32(39)31-21-9-6-10-26(38)23(21)18-37(33(31)40)20-7-4-3-5-8-20/h3-5,7-8,11-18H,6,9-10H2,1-2H3,(H,36,39). The van der Waals surface area contributed by atoms with Gasteiger partial charge in [-0.25, -0.2) is 4.39 Å². The molecule has 0 saturated heterocycles. The summed E-state index contributed by atoms with van der Waals surface area (Å²) in [5, 5.41) is 3.21. The number of nitrogens with zero attached hydrogens (tertiary/aromatic N) is 2. The summed E-state index contributed by atoms with van der Waals surface area (Å²) in [4.78, 5) is 44.2. The number of ether oxygens (including phenoxy) is 3. The summed E-state index contributed by atoms with van der Waals surface area (Å²) in [6.07, 6.45) is 4.31. The van der Waals surface area contributed by atoms with Crippen molar-refractivity contribution in [1.29, 1.82) is 0 Å². The number of para-hydroxylation sites is 1. The van der Waals surface area contributed by atoms with Gasteiger partial charge in [0.2, 0.25) is 0 Å². The number of ketones is 1. The van der Waals surface area contributed by atoms with Gasteiger partial charge in [-0.15, -0.1) is 0 Å². The summed E-state index contributed by atoms with van der Waals surface area (Å²) in [7, 11) is 3.03. The van der Waals surface area contributed by atoms with Gasteiger partial charge in [-0.05, 0) is 54.8 Å². The first kappa shape index (κ1) is 27.6. The summed E-state index contributed by atoms with van der Waals surface area (Å²) in [6, 6.07) is 17.7. The molecule has 2 heterocycles. The first-order valence-corrected chi connectivity index (χ1v) is 13.5. The predicted octanol–water partition coefficient (Wildman–Crippen LogP) is 6.11. The number of halogens is 1. The maximum atomic E-state index is 15.3. The molecule has 1 aliphatic carbocycles. The van der Waals surface area contributed by atoms with Crippen LogP contribution >= 0.6 is 0 Å². The third-order valence-electron chi connectivity index (χ3n) is 7.33. The lowest BCUT2D eigenvalue weighted by Gasteiger charge is -2.20. The third-order valence-corrected chi connectivity index (χ3v) is 7.33. The summed E-state index contributed by atoms with van der Waals surface area (Å²) >= 11 is 0. The highest BCUT2D eigenvalue weighted by molar-refractivity contribution is 6.08. The maximum Gasteiger partial charge on any atom is 0.268 e. The Kier molecular flexibility index (Phi) is 7.33. The van der Waals surface area contributed by atoms with Gasteiger partial charge < -0.3 is 19.5 Å². The van der Waals surface area contributed by atoms with Crippen LogP contribution < -0.4 is 25.1 Å². The molecule has 1 aliphatic rings. The van der Waals surface area contributed by atoms with E-state index in [1.165, 1.54) is 43.3 Å². The first-order chi connectivity index (χ1) is 20.9. The molecule has 0 fully saturated rings. The van der Waals surface area contributed by atoms with E-state index in [9.17, 15) is 14.4 Å². The molecule has 216 valence electrons. The van der Waals surface area contributed by atoms with Crippen LogP contribution in [0.25, 0.3) is 16.6 Å². The number of rotatable bonds is 7. The second-order valence-electron chi connectivity index (χ2n) is 9.92. The molecule has 0 spiro atoms. The minimum Gasteiger partial charge on any atom is -0.493 e. The van der Waals surface area contributed by atoms with E-state index in [-0.39, 0.29) is 22.8 Å². The monoisotopic (exact) mass is 579 g/mol. The van der Waals surface area contributed by atoms with Crippen LogP contribution in [0.3, 0.4) is 0 Å². The largest absolute Gasteiger partial charge is 0.493 e. The summed E-state index contributed by atoms with van der Waals surface area (Å²) < 4.78 is 33.2. The molecule has 9 nitrogen and oxygen atoms in total. The van der Waals surface area contributed by atoms with E-state index in [0.717, 1.165) is 6.07 Å². The maximum absolute atomic E-state index is 15.3. The zero-order valence-electron chi connectivity index (χ0n) is 23.3. The van der Waals surface area contributed by atoms with Gasteiger partial charge in [-0.2, -0.15) is 0 Å². The van der Waals surface area contributed by atoms with E-state index in [2.05, 4.69) is 10.3 Å². The molecule has 0 saturated carbocycles. The predicted molar refractivity (Wildman–Crippen MR) is 159 cm³/mol. The number of aromatic nitrogens is 2. The Bertz CT molecular complexity index is 1960. The van der Waals surface area contributed by atoms with Crippen LogP contribution in [-0.2, 0) is 6.42 Å². The topological polar surface area (TPSA) is 109 Å². The lowest BCUT2D eigenvalue weighted by molar-refractivity contribution is 0.0971. The van der Waals surface area contributed by atoms with Crippen molar-refractivity contribution in [3.8, 4) is 28.7 Å². The van der Waals surface area contributed by atoms with E-state index >= 15 is 4.39 Å². The molecule has 1 amide bonds. The second-order valence-corrected chi connectivity index (χ2v) is 9.92. The molecule has 1 N–H and O–H groups in total. The SMILES string of the molecule is COc1cc2nccc(Oc3ccc(NC(=O)c4c5c(cn(-c6ccccc6)c4=O)C(=O)CCC5)cc3F)c2cc1OC. The van der Waals surface area contributed by atoms with Gasteiger partial charge in [-0.1, -0.05) is 18.2 Å². The molecule has 5 aromatic rings. The van der Waals surface area contributed by atoms with Crippen molar-refractivity contribution in [2.45, 2.75) is 19.3 Å². The highest BCUT2D eigenvalue weighted by Crippen LogP contribution is 2.37. The first-order valence-electron chi connectivity index (χ1n) is 13.5. The molecule has 0 bridgehead atoms.